The van der Waals surface area contributed by atoms with Crippen molar-refractivity contribution in [2.24, 2.45) is 0 Å². The third kappa shape index (κ3) is 3.63. The maximum atomic E-state index is 12.5. The number of nitrogens with two attached hydrogens (primary N) is 1. The number of nitrogen functional groups attached to an aromatic ring is 1. The standard InChI is InChI=1S/C18H22N2O/c1-4-20(17-7-5-6-16(19)12-17)18(21)11-15-9-8-13(2)14(3)10-15/h5-10,12H,4,11,19H2,1-3H3. The third-order valence-electron chi connectivity index (χ3n) is 3.73. The third-order valence-corrected chi connectivity index (χ3v) is 3.73. The molecule has 1 amide bonds. The molecule has 2 N–H and O–H groups in total. The van der Waals surface area contributed by atoms with Gasteiger partial charge in [-0.25, -0.2) is 0 Å². The number of hydrogen-bond donors (Lipinski definition) is 1. The molecule has 2 rings (SSSR count). The molecule has 3 heteroatoms. The van der Waals surface area contributed by atoms with Gasteiger partial charge in [-0.15, -0.1) is 0 Å². The van der Waals surface area contributed by atoms with Crippen LogP contribution in [0.4, 0.5) is 11.4 Å². The molecule has 3 nitrogen and oxygen atoms in total. The Balaban J connectivity index is 2.18. The first kappa shape index (κ1) is 15.1. The summed E-state index contributed by atoms with van der Waals surface area (Å²) in [6.07, 6.45) is 0.407. The zero-order chi connectivity index (χ0) is 15.4. The first-order valence-electron chi connectivity index (χ1n) is 7.23. The number of carbonyl (C=O) groups excluding carboxylic acids is 1. The molecule has 2 aromatic rings. The van der Waals surface area contributed by atoms with Crippen molar-refractivity contribution in [3.63, 3.8) is 0 Å². The Morgan fingerprint density at radius 1 is 1.10 bits per heavy atom. The van der Waals surface area contributed by atoms with E-state index < -0.39 is 0 Å². The van der Waals surface area contributed by atoms with Crippen LogP contribution in [0.25, 0.3) is 0 Å². The Labute approximate surface area is 126 Å². The highest BCUT2D eigenvalue weighted by Crippen LogP contribution is 2.19. The van der Waals surface area contributed by atoms with Crippen molar-refractivity contribution in [3.05, 3.63) is 59.2 Å². The molecule has 0 heterocycles. The number of anilines is 2. The average molecular weight is 282 g/mol. The summed E-state index contributed by atoms with van der Waals surface area (Å²) in [5.74, 6) is 0.0892. The maximum absolute atomic E-state index is 12.5. The second kappa shape index (κ2) is 6.44. The molecule has 110 valence electrons. The maximum Gasteiger partial charge on any atom is 0.231 e. The van der Waals surface area contributed by atoms with Crippen molar-refractivity contribution in [1.82, 2.24) is 0 Å². The van der Waals surface area contributed by atoms with Gasteiger partial charge in [-0.05, 0) is 55.7 Å². The average Bonchev–Trinajstić information content (AvgIpc) is 2.44. The lowest BCUT2D eigenvalue weighted by Gasteiger charge is -2.21. The predicted molar refractivity (Wildman–Crippen MR) is 88.5 cm³/mol. The van der Waals surface area contributed by atoms with Crippen LogP contribution < -0.4 is 10.6 Å². The van der Waals surface area contributed by atoms with Crippen LogP contribution in [0.2, 0.25) is 0 Å². The molecule has 21 heavy (non-hydrogen) atoms. The first-order valence-corrected chi connectivity index (χ1v) is 7.23. The second-order valence-electron chi connectivity index (χ2n) is 5.33. The second-order valence-corrected chi connectivity index (χ2v) is 5.33. The van der Waals surface area contributed by atoms with Gasteiger partial charge in [0, 0.05) is 17.9 Å². The van der Waals surface area contributed by atoms with Crippen LogP contribution in [0, 0.1) is 13.8 Å². The van der Waals surface area contributed by atoms with Crippen LogP contribution in [0.1, 0.15) is 23.6 Å². The lowest BCUT2D eigenvalue weighted by molar-refractivity contribution is -0.117. The van der Waals surface area contributed by atoms with Gasteiger partial charge in [-0.1, -0.05) is 24.3 Å². The van der Waals surface area contributed by atoms with Crippen LogP contribution in [0.15, 0.2) is 42.5 Å². The fraction of sp³-hybridized carbons (Fsp3) is 0.278. The number of nitrogens with zero attached hydrogens (tertiary/aromatic N) is 1. The van der Waals surface area contributed by atoms with Crippen LogP contribution in [-0.2, 0) is 11.2 Å². The highest BCUT2D eigenvalue weighted by atomic mass is 16.2. The number of carbonyl (C=O) groups is 1. The Kier molecular flexibility index (Phi) is 4.63. The summed E-state index contributed by atoms with van der Waals surface area (Å²) in [5, 5.41) is 0. The molecule has 0 aliphatic carbocycles. The Bertz CT molecular complexity index is 649. The summed E-state index contributed by atoms with van der Waals surface area (Å²) in [6, 6.07) is 13.6. The lowest BCUT2D eigenvalue weighted by Crippen LogP contribution is -2.32. The van der Waals surface area contributed by atoms with Crippen molar-refractivity contribution in [1.29, 1.82) is 0 Å². The van der Waals surface area contributed by atoms with Crippen molar-refractivity contribution < 1.29 is 4.79 Å². The van der Waals surface area contributed by atoms with Gasteiger partial charge < -0.3 is 10.6 Å². The molecule has 0 radical (unpaired) electrons. The molecule has 0 saturated carbocycles. The topological polar surface area (TPSA) is 46.3 Å². The van der Waals surface area contributed by atoms with E-state index in [1.807, 2.05) is 37.3 Å². The molecule has 0 saturated heterocycles. The minimum absolute atomic E-state index is 0.0892. The molecule has 0 spiro atoms. The summed E-state index contributed by atoms with van der Waals surface area (Å²) in [4.78, 5) is 14.3. The molecule has 0 aliphatic heterocycles. The van der Waals surface area contributed by atoms with E-state index in [0.717, 1.165) is 11.3 Å². The van der Waals surface area contributed by atoms with E-state index in [2.05, 4.69) is 26.0 Å². The monoisotopic (exact) mass is 282 g/mol. The Morgan fingerprint density at radius 2 is 1.86 bits per heavy atom. The summed E-state index contributed by atoms with van der Waals surface area (Å²) in [6.45, 7) is 6.75. The van der Waals surface area contributed by atoms with E-state index in [0.29, 0.717) is 18.7 Å². The Morgan fingerprint density at radius 3 is 2.48 bits per heavy atom. The highest BCUT2D eigenvalue weighted by Gasteiger charge is 2.14. The van der Waals surface area contributed by atoms with Crippen molar-refractivity contribution in [3.8, 4) is 0 Å². The van der Waals surface area contributed by atoms with Crippen molar-refractivity contribution in [2.75, 3.05) is 17.2 Å². The van der Waals surface area contributed by atoms with Gasteiger partial charge in [-0.2, -0.15) is 0 Å². The van der Waals surface area contributed by atoms with Gasteiger partial charge in [0.15, 0.2) is 0 Å². The summed E-state index contributed by atoms with van der Waals surface area (Å²) >= 11 is 0. The van der Waals surface area contributed by atoms with E-state index in [4.69, 9.17) is 5.73 Å². The summed E-state index contributed by atoms with van der Waals surface area (Å²) in [7, 11) is 0. The van der Waals surface area contributed by atoms with E-state index in [-0.39, 0.29) is 5.91 Å². The molecular formula is C18H22N2O. The number of rotatable bonds is 4. The van der Waals surface area contributed by atoms with E-state index in [9.17, 15) is 4.79 Å². The molecule has 2 aromatic carbocycles. The number of benzene rings is 2. The summed E-state index contributed by atoms with van der Waals surface area (Å²) in [5.41, 5.74) is 10.8. The Hall–Kier alpha value is -2.29. The predicted octanol–water partition coefficient (Wildman–Crippen LogP) is 3.48. The number of aryl methyl sites for hydroxylation is 2. The van der Waals surface area contributed by atoms with Gasteiger partial charge >= 0.3 is 0 Å². The fourth-order valence-electron chi connectivity index (χ4n) is 2.38. The number of hydrogen-bond acceptors (Lipinski definition) is 2. The molecule has 0 bridgehead atoms. The zero-order valence-corrected chi connectivity index (χ0v) is 12.9. The van der Waals surface area contributed by atoms with E-state index >= 15 is 0 Å². The SMILES string of the molecule is CCN(C(=O)Cc1ccc(C)c(C)c1)c1cccc(N)c1. The van der Waals surface area contributed by atoms with Gasteiger partial charge in [0.05, 0.1) is 6.42 Å². The minimum Gasteiger partial charge on any atom is -0.399 e. The van der Waals surface area contributed by atoms with Crippen LogP contribution in [0.3, 0.4) is 0 Å². The minimum atomic E-state index is 0.0892. The quantitative estimate of drug-likeness (QED) is 0.873. The summed E-state index contributed by atoms with van der Waals surface area (Å²) < 4.78 is 0. The molecule has 0 aromatic heterocycles. The van der Waals surface area contributed by atoms with Crippen LogP contribution in [-0.4, -0.2) is 12.5 Å². The molecule has 0 unspecified atom stereocenters. The van der Waals surface area contributed by atoms with Gasteiger partial charge in [0.2, 0.25) is 5.91 Å². The highest BCUT2D eigenvalue weighted by molar-refractivity contribution is 5.95. The van der Waals surface area contributed by atoms with E-state index in [1.165, 1.54) is 11.1 Å². The first-order chi connectivity index (χ1) is 10.0. The largest absolute Gasteiger partial charge is 0.399 e. The number of likely N-dealkylation sites (N-methyl/N-ethyl adjacent to an activating group) is 1. The number of amides is 1. The fourth-order valence-corrected chi connectivity index (χ4v) is 2.38. The van der Waals surface area contributed by atoms with Crippen molar-refractivity contribution >= 4 is 17.3 Å². The normalized spacial score (nSPS) is 10.4. The van der Waals surface area contributed by atoms with Crippen LogP contribution >= 0.6 is 0 Å². The zero-order valence-electron chi connectivity index (χ0n) is 12.9. The molecule has 0 atom stereocenters. The lowest BCUT2D eigenvalue weighted by atomic mass is 10.0. The van der Waals surface area contributed by atoms with E-state index in [1.54, 1.807) is 4.90 Å². The molecular weight excluding hydrogens is 260 g/mol. The van der Waals surface area contributed by atoms with Crippen molar-refractivity contribution in [2.45, 2.75) is 27.2 Å². The molecule has 0 fully saturated rings. The van der Waals surface area contributed by atoms with Gasteiger partial charge in [0.1, 0.15) is 0 Å². The van der Waals surface area contributed by atoms with Gasteiger partial charge in [-0.3, -0.25) is 4.79 Å². The molecule has 0 aliphatic rings. The van der Waals surface area contributed by atoms with Crippen LogP contribution in [0.5, 0.6) is 0 Å². The smallest absolute Gasteiger partial charge is 0.231 e. The van der Waals surface area contributed by atoms with Gasteiger partial charge in [0.25, 0.3) is 0 Å².